The number of hydrogen-bond acceptors (Lipinski definition) is 3. The largest absolute Gasteiger partial charge is 0.416 e. The number of hydrogen-bond donors (Lipinski definition) is 0. The molecule has 0 atom stereocenters. The molecule has 13 heteroatoms. The number of benzene rings is 11. The van der Waals surface area contributed by atoms with Crippen LogP contribution in [0.5, 0.6) is 0 Å². The van der Waals surface area contributed by atoms with Crippen LogP contribution in [-0.4, -0.2) is 33.2 Å². The summed E-state index contributed by atoms with van der Waals surface area (Å²) in [7, 11) is 0. The van der Waals surface area contributed by atoms with Gasteiger partial charge < -0.3 is 18.3 Å². The minimum atomic E-state index is -4.83. The van der Waals surface area contributed by atoms with Crippen molar-refractivity contribution in [2.45, 2.75) is 12.4 Å². The molecular formula is C71H41F6N7. The molecule has 0 aliphatic heterocycles. The predicted molar refractivity (Wildman–Crippen MR) is 323 cm³/mol. The lowest BCUT2D eigenvalue weighted by Crippen LogP contribution is -2.10. The summed E-state index contributed by atoms with van der Waals surface area (Å²) in [4.78, 5) is 15.2. The molecule has 16 rings (SSSR count). The Bertz CT molecular complexity index is 5030. The maximum atomic E-state index is 15.5. The second-order valence-electron chi connectivity index (χ2n) is 20.9. The van der Waals surface area contributed by atoms with E-state index in [0.29, 0.717) is 28.0 Å². The van der Waals surface area contributed by atoms with Gasteiger partial charge in [0, 0.05) is 71.2 Å². The zero-order valence-electron chi connectivity index (χ0n) is 44.1. The molecular weight excluding hydrogens is 1060 g/mol. The van der Waals surface area contributed by atoms with Gasteiger partial charge in [-0.25, -0.2) is 15.0 Å². The first-order valence-corrected chi connectivity index (χ1v) is 27.2. The van der Waals surface area contributed by atoms with E-state index in [2.05, 4.69) is 33.4 Å². The molecule has 0 unspecified atom stereocenters. The van der Waals surface area contributed by atoms with Gasteiger partial charge in [0.15, 0.2) is 17.5 Å². The van der Waals surface area contributed by atoms with Gasteiger partial charge in [0.1, 0.15) is 0 Å². The van der Waals surface area contributed by atoms with E-state index in [1.807, 2.05) is 167 Å². The minimum absolute atomic E-state index is 0.0297. The number of alkyl halides is 6. The number of para-hydroxylation sites is 6. The molecule has 11 aromatic carbocycles. The van der Waals surface area contributed by atoms with Crippen LogP contribution in [0.25, 0.3) is 144 Å². The fraction of sp³-hybridized carbons (Fsp3) is 0.0282. The van der Waals surface area contributed by atoms with Crippen LogP contribution in [0.1, 0.15) is 11.1 Å². The minimum Gasteiger partial charge on any atom is -0.309 e. The van der Waals surface area contributed by atoms with Crippen molar-refractivity contribution in [2.24, 2.45) is 0 Å². The maximum Gasteiger partial charge on any atom is 0.416 e. The lowest BCUT2D eigenvalue weighted by Gasteiger charge is -2.19. The maximum absolute atomic E-state index is 15.5. The van der Waals surface area contributed by atoms with Gasteiger partial charge in [0.05, 0.1) is 66.6 Å². The van der Waals surface area contributed by atoms with Crippen molar-refractivity contribution in [2.75, 3.05) is 0 Å². The van der Waals surface area contributed by atoms with Crippen molar-refractivity contribution >= 4 is 87.2 Å². The molecule has 0 fully saturated rings. The highest BCUT2D eigenvalue weighted by molar-refractivity contribution is 6.28. The van der Waals surface area contributed by atoms with Crippen LogP contribution in [0, 0.1) is 0 Å². The van der Waals surface area contributed by atoms with E-state index in [9.17, 15) is 0 Å². The third kappa shape index (κ3) is 7.44. The van der Waals surface area contributed by atoms with Crippen LogP contribution in [-0.2, 0) is 12.4 Å². The standard InChI is InChI=1S/C71H41F6N7/c72-70(73,74)43-32-36-59(83-55-28-14-10-24-47(55)49-34-38-61-63(65(49)83)51-26-12-16-30-57(51)81(61)45-20-6-2-7-21-45)53(40-43)68-78-67(42-18-4-1-5-19-42)79-69(80-68)54-41-44(71(75,76)77)33-37-60(54)84-56-29-15-11-25-48(56)50-35-39-62-64(66(50)84)52-27-13-17-31-58(52)82(62)46-22-8-3-9-23-46/h1-41H. The molecule has 5 aromatic heterocycles. The Morgan fingerprint density at radius 3 is 1.02 bits per heavy atom. The zero-order valence-corrected chi connectivity index (χ0v) is 44.1. The molecule has 84 heavy (non-hydrogen) atoms. The molecule has 0 radical (unpaired) electrons. The van der Waals surface area contributed by atoms with Gasteiger partial charge in [0.2, 0.25) is 0 Å². The number of halogens is 6. The lowest BCUT2D eigenvalue weighted by molar-refractivity contribution is -0.138. The van der Waals surface area contributed by atoms with Crippen molar-refractivity contribution in [1.82, 2.24) is 33.2 Å². The highest BCUT2D eigenvalue weighted by Crippen LogP contribution is 2.47. The molecule has 5 heterocycles. The molecule has 0 saturated heterocycles. The molecule has 402 valence electrons. The Labute approximate surface area is 473 Å². The normalized spacial score (nSPS) is 12.4. The summed E-state index contributed by atoms with van der Waals surface area (Å²) in [6.07, 6.45) is -9.66. The fourth-order valence-corrected chi connectivity index (χ4v) is 12.7. The highest BCUT2D eigenvalue weighted by atomic mass is 19.4. The number of aromatic nitrogens is 7. The number of fused-ring (bicyclic) bond motifs is 14. The Kier molecular flexibility index (Phi) is 10.7. The van der Waals surface area contributed by atoms with Crippen molar-refractivity contribution in [3.8, 4) is 56.9 Å². The highest BCUT2D eigenvalue weighted by Gasteiger charge is 2.35. The van der Waals surface area contributed by atoms with Crippen molar-refractivity contribution in [3.05, 3.63) is 260 Å². The van der Waals surface area contributed by atoms with E-state index in [1.165, 1.54) is 12.1 Å². The first kappa shape index (κ1) is 49.1. The van der Waals surface area contributed by atoms with E-state index in [0.717, 1.165) is 112 Å². The average molecular weight is 1110 g/mol. The number of rotatable bonds is 7. The summed E-state index contributed by atoms with van der Waals surface area (Å²) in [5.41, 5.74) is 7.33. The molecule has 0 saturated carbocycles. The molecule has 16 aromatic rings. The monoisotopic (exact) mass is 1110 g/mol. The molecule has 0 aliphatic carbocycles. The van der Waals surface area contributed by atoms with Gasteiger partial charge >= 0.3 is 12.4 Å². The Balaban J connectivity index is 1.03. The average Bonchev–Trinajstić information content (AvgIpc) is 1.77. The second-order valence-corrected chi connectivity index (χ2v) is 20.9. The van der Waals surface area contributed by atoms with Crippen LogP contribution >= 0.6 is 0 Å². The molecule has 0 spiro atoms. The van der Waals surface area contributed by atoms with Gasteiger partial charge in [-0.3, -0.25) is 0 Å². The molecule has 0 aliphatic rings. The van der Waals surface area contributed by atoms with Crippen molar-refractivity contribution in [3.63, 3.8) is 0 Å². The molecule has 0 bridgehead atoms. The summed E-state index contributed by atoms with van der Waals surface area (Å²) < 4.78 is 101. The predicted octanol–water partition coefficient (Wildman–Crippen LogP) is 19.3. The smallest absolute Gasteiger partial charge is 0.309 e. The molecule has 0 amide bonds. The second kappa shape index (κ2) is 18.4. The molecule has 7 nitrogen and oxygen atoms in total. The summed E-state index contributed by atoms with van der Waals surface area (Å²) in [5.74, 6) is -0.347. The van der Waals surface area contributed by atoms with Crippen LogP contribution < -0.4 is 0 Å². The lowest BCUT2D eigenvalue weighted by atomic mass is 10.0. The van der Waals surface area contributed by atoms with Crippen molar-refractivity contribution < 1.29 is 26.3 Å². The van der Waals surface area contributed by atoms with Gasteiger partial charge in [-0.1, -0.05) is 152 Å². The third-order valence-electron chi connectivity index (χ3n) is 16.2. The topological polar surface area (TPSA) is 58.4 Å². The summed E-state index contributed by atoms with van der Waals surface area (Å²) >= 11 is 0. The molecule has 0 N–H and O–H groups in total. The van der Waals surface area contributed by atoms with Gasteiger partial charge in [-0.2, -0.15) is 26.3 Å². The Morgan fingerprint density at radius 2 is 0.619 bits per heavy atom. The quantitative estimate of drug-likeness (QED) is 0.149. The Morgan fingerprint density at radius 1 is 0.274 bits per heavy atom. The third-order valence-corrected chi connectivity index (χ3v) is 16.2. The van der Waals surface area contributed by atoms with Gasteiger partial charge in [0.25, 0.3) is 0 Å². The summed E-state index contributed by atoms with van der Waals surface area (Å²) in [6, 6.07) is 75.7. The van der Waals surface area contributed by atoms with Gasteiger partial charge in [-0.15, -0.1) is 0 Å². The fourth-order valence-electron chi connectivity index (χ4n) is 12.7. The SMILES string of the molecule is FC(F)(F)c1ccc(-n2c3ccccc3c3ccc4c(c5ccccc5n4-c4ccccc4)c32)c(-c2nc(-c3ccccc3)nc(-c3cc(C(F)(F)F)ccc3-n3c4ccccc4c4ccc5c(c6ccccc6n5-c5ccccc5)c43)n2)c1. The summed E-state index contributed by atoms with van der Waals surface area (Å²) in [6.45, 7) is 0. The van der Waals surface area contributed by atoms with E-state index in [4.69, 9.17) is 15.0 Å². The van der Waals surface area contributed by atoms with Crippen molar-refractivity contribution in [1.29, 1.82) is 0 Å². The van der Waals surface area contributed by atoms with Crippen LogP contribution in [0.3, 0.4) is 0 Å². The van der Waals surface area contributed by atoms with Crippen LogP contribution in [0.15, 0.2) is 249 Å². The first-order chi connectivity index (χ1) is 41.0. The van der Waals surface area contributed by atoms with E-state index in [-0.39, 0.29) is 28.6 Å². The van der Waals surface area contributed by atoms with Crippen LogP contribution in [0.2, 0.25) is 0 Å². The first-order valence-electron chi connectivity index (χ1n) is 27.2. The summed E-state index contributed by atoms with van der Waals surface area (Å²) in [5, 5.41) is 6.93. The van der Waals surface area contributed by atoms with Gasteiger partial charge in [-0.05, 0) is 97.1 Å². The van der Waals surface area contributed by atoms with E-state index < -0.39 is 23.5 Å². The zero-order chi connectivity index (χ0) is 56.6. The Hall–Kier alpha value is -10.8. The van der Waals surface area contributed by atoms with Crippen LogP contribution in [0.4, 0.5) is 26.3 Å². The number of nitrogens with zero attached hydrogens (tertiary/aromatic N) is 7. The van der Waals surface area contributed by atoms with E-state index in [1.54, 1.807) is 30.3 Å². The van der Waals surface area contributed by atoms with E-state index >= 15 is 26.3 Å².